The third kappa shape index (κ3) is 7.96. The molecule has 0 unspecified atom stereocenters. The number of aliphatic hydroxyl groups excluding tert-OH is 2. The number of aliphatic hydroxyl groups is 2. The molecule has 1 aromatic carbocycles. The summed E-state index contributed by atoms with van der Waals surface area (Å²) in [6, 6.07) is 6.64. The molecule has 0 aliphatic heterocycles. The molecule has 0 bridgehead atoms. The summed E-state index contributed by atoms with van der Waals surface area (Å²) >= 11 is 2.38. The minimum atomic E-state index is -0.875. The fourth-order valence-electron chi connectivity index (χ4n) is 2.65. The van der Waals surface area contributed by atoms with Crippen molar-refractivity contribution < 1.29 is 10.2 Å². The van der Waals surface area contributed by atoms with Crippen LogP contribution in [-0.2, 0) is 12.8 Å². The summed E-state index contributed by atoms with van der Waals surface area (Å²) < 4.78 is 1.25. The lowest BCUT2D eigenvalue weighted by Gasteiger charge is -2.24. The zero-order valence-corrected chi connectivity index (χ0v) is 16.5. The first kappa shape index (κ1) is 20.9. The Balaban J connectivity index is 2.42. The lowest BCUT2D eigenvalue weighted by atomic mass is 9.93. The lowest BCUT2D eigenvalue weighted by molar-refractivity contribution is 0.115. The van der Waals surface area contributed by atoms with E-state index in [9.17, 15) is 10.2 Å². The van der Waals surface area contributed by atoms with Crippen LogP contribution in [0.2, 0.25) is 0 Å². The summed E-state index contributed by atoms with van der Waals surface area (Å²) in [5.74, 6) is 0. The van der Waals surface area contributed by atoms with Gasteiger partial charge in [0.05, 0.1) is 18.8 Å². The maximum absolute atomic E-state index is 9.26. The molecule has 0 amide bonds. The first-order valence-electron chi connectivity index (χ1n) is 8.82. The van der Waals surface area contributed by atoms with Gasteiger partial charge in [0.2, 0.25) is 0 Å². The number of halogens is 1. The van der Waals surface area contributed by atoms with E-state index in [1.807, 2.05) is 0 Å². The predicted octanol–water partition coefficient (Wildman–Crippen LogP) is 3.81. The summed E-state index contributed by atoms with van der Waals surface area (Å²) in [5.41, 5.74) is 7.71. The normalized spacial score (nSPS) is 11.9. The van der Waals surface area contributed by atoms with Crippen molar-refractivity contribution in [3.05, 3.63) is 32.9 Å². The van der Waals surface area contributed by atoms with E-state index >= 15 is 0 Å². The molecule has 0 fully saturated rings. The molecule has 0 saturated carbocycles. The zero-order valence-electron chi connectivity index (χ0n) is 14.4. The van der Waals surface area contributed by atoms with Gasteiger partial charge in [0.25, 0.3) is 0 Å². The Hall–Kier alpha value is -0.170. The van der Waals surface area contributed by atoms with Gasteiger partial charge < -0.3 is 15.9 Å². The molecule has 132 valence electrons. The number of rotatable bonds is 12. The standard InChI is InChI=1S/C19H32INO2/c1-2-3-4-5-6-7-8-16-9-10-17(18(20)13-16)11-12-19(21,14-22)15-23/h9-10,13,22-23H,2-8,11-12,14-15,21H2,1H3. The van der Waals surface area contributed by atoms with E-state index in [0.29, 0.717) is 6.42 Å². The molecule has 1 rings (SSSR count). The van der Waals surface area contributed by atoms with Gasteiger partial charge in [-0.2, -0.15) is 0 Å². The maximum atomic E-state index is 9.26. The number of unbranched alkanes of at least 4 members (excludes halogenated alkanes) is 5. The van der Waals surface area contributed by atoms with E-state index in [0.717, 1.165) is 12.8 Å². The SMILES string of the molecule is CCCCCCCCc1ccc(CCC(N)(CO)CO)c(I)c1. The molecule has 4 N–H and O–H groups in total. The third-order valence-electron chi connectivity index (χ3n) is 4.46. The highest BCUT2D eigenvalue weighted by molar-refractivity contribution is 14.1. The van der Waals surface area contributed by atoms with Crippen molar-refractivity contribution in [3.8, 4) is 0 Å². The average Bonchev–Trinajstić information content (AvgIpc) is 2.57. The Bertz CT molecular complexity index is 447. The maximum Gasteiger partial charge on any atom is 0.0633 e. The van der Waals surface area contributed by atoms with Gasteiger partial charge in [-0.1, -0.05) is 51.2 Å². The summed E-state index contributed by atoms with van der Waals surface area (Å²) in [5, 5.41) is 18.5. The van der Waals surface area contributed by atoms with Gasteiger partial charge in [-0.3, -0.25) is 0 Å². The summed E-state index contributed by atoms with van der Waals surface area (Å²) in [6.07, 6.45) is 10.5. The third-order valence-corrected chi connectivity index (χ3v) is 5.46. The topological polar surface area (TPSA) is 66.5 Å². The zero-order chi connectivity index (χ0) is 17.1. The average molecular weight is 433 g/mol. The molecule has 0 saturated heterocycles. The smallest absolute Gasteiger partial charge is 0.0633 e. The number of hydrogen-bond donors (Lipinski definition) is 3. The monoisotopic (exact) mass is 433 g/mol. The number of benzene rings is 1. The van der Waals surface area contributed by atoms with E-state index in [2.05, 4.69) is 47.7 Å². The van der Waals surface area contributed by atoms with Crippen molar-refractivity contribution in [1.82, 2.24) is 0 Å². The fraction of sp³-hybridized carbons (Fsp3) is 0.684. The van der Waals surface area contributed by atoms with Crippen LogP contribution in [0, 0.1) is 3.57 Å². The van der Waals surface area contributed by atoms with E-state index in [1.165, 1.54) is 53.2 Å². The summed E-state index contributed by atoms with van der Waals surface area (Å²) in [7, 11) is 0. The number of nitrogens with two attached hydrogens (primary N) is 1. The van der Waals surface area contributed by atoms with E-state index in [-0.39, 0.29) is 13.2 Å². The number of aryl methyl sites for hydroxylation is 2. The van der Waals surface area contributed by atoms with Gasteiger partial charge in [-0.15, -0.1) is 0 Å². The van der Waals surface area contributed by atoms with Gasteiger partial charge in [0, 0.05) is 3.57 Å². The molecule has 4 heteroatoms. The molecule has 0 aliphatic rings. The quantitative estimate of drug-likeness (QED) is 0.347. The molecule has 0 aliphatic carbocycles. The van der Waals surface area contributed by atoms with Crippen molar-refractivity contribution in [3.63, 3.8) is 0 Å². The van der Waals surface area contributed by atoms with Gasteiger partial charge in [0.1, 0.15) is 0 Å². The highest BCUT2D eigenvalue weighted by Crippen LogP contribution is 2.20. The van der Waals surface area contributed by atoms with Crippen LogP contribution in [0.3, 0.4) is 0 Å². The largest absolute Gasteiger partial charge is 0.394 e. The number of hydrogen-bond acceptors (Lipinski definition) is 3. The van der Waals surface area contributed by atoms with Crippen molar-refractivity contribution in [2.75, 3.05) is 13.2 Å². The minimum Gasteiger partial charge on any atom is -0.394 e. The van der Waals surface area contributed by atoms with Crippen LogP contribution in [0.4, 0.5) is 0 Å². The Morgan fingerprint density at radius 1 is 1.00 bits per heavy atom. The van der Waals surface area contributed by atoms with Crippen molar-refractivity contribution in [2.24, 2.45) is 5.73 Å². The second kappa shape index (κ2) is 11.4. The van der Waals surface area contributed by atoms with Crippen molar-refractivity contribution >= 4 is 22.6 Å². The van der Waals surface area contributed by atoms with Gasteiger partial charge in [0.15, 0.2) is 0 Å². The summed E-state index contributed by atoms with van der Waals surface area (Å²) in [4.78, 5) is 0. The Morgan fingerprint density at radius 2 is 1.65 bits per heavy atom. The van der Waals surface area contributed by atoms with Crippen LogP contribution in [0.5, 0.6) is 0 Å². The second-order valence-corrected chi connectivity index (χ2v) is 7.78. The van der Waals surface area contributed by atoms with Crippen LogP contribution < -0.4 is 5.73 Å². The Morgan fingerprint density at radius 3 is 2.26 bits per heavy atom. The minimum absolute atomic E-state index is 0.184. The molecular formula is C19H32INO2. The van der Waals surface area contributed by atoms with Gasteiger partial charge in [-0.25, -0.2) is 0 Å². The first-order chi connectivity index (χ1) is 11.0. The van der Waals surface area contributed by atoms with E-state index in [1.54, 1.807) is 0 Å². The second-order valence-electron chi connectivity index (χ2n) is 6.62. The van der Waals surface area contributed by atoms with Crippen molar-refractivity contribution in [2.45, 2.75) is 70.3 Å². The van der Waals surface area contributed by atoms with Crippen LogP contribution in [0.1, 0.15) is 63.0 Å². The highest BCUT2D eigenvalue weighted by Gasteiger charge is 2.22. The molecule has 23 heavy (non-hydrogen) atoms. The summed E-state index contributed by atoms with van der Waals surface area (Å²) in [6.45, 7) is 1.88. The van der Waals surface area contributed by atoms with Gasteiger partial charge >= 0.3 is 0 Å². The van der Waals surface area contributed by atoms with E-state index < -0.39 is 5.54 Å². The molecule has 0 radical (unpaired) electrons. The first-order valence-corrected chi connectivity index (χ1v) is 9.90. The molecular weight excluding hydrogens is 401 g/mol. The fourth-order valence-corrected chi connectivity index (χ4v) is 3.50. The van der Waals surface area contributed by atoms with Crippen LogP contribution in [-0.4, -0.2) is 29.0 Å². The van der Waals surface area contributed by atoms with Crippen LogP contribution >= 0.6 is 22.6 Å². The van der Waals surface area contributed by atoms with Crippen LogP contribution in [0.25, 0.3) is 0 Å². The lowest BCUT2D eigenvalue weighted by Crippen LogP contribution is -2.47. The Labute approximate surface area is 154 Å². The molecule has 0 aromatic heterocycles. The molecule has 1 aromatic rings. The van der Waals surface area contributed by atoms with E-state index in [4.69, 9.17) is 5.73 Å². The predicted molar refractivity (Wildman–Crippen MR) is 106 cm³/mol. The Kier molecular flexibility index (Phi) is 10.3. The molecule has 3 nitrogen and oxygen atoms in total. The molecule has 0 atom stereocenters. The molecule has 0 spiro atoms. The highest BCUT2D eigenvalue weighted by atomic mass is 127. The van der Waals surface area contributed by atoms with Crippen LogP contribution in [0.15, 0.2) is 18.2 Å². The molecule has 0 heterocycles. The van der Waals surface area contributed by atoms with Gasteiger partial charge in [-0.05, 0) is 65.5 Å². The van der Waals surface area contributed by atoms with Crippen molar-refractivity contribution in [1.29, 1.82) is 0 Å².